The van der Waals surface area contributed by atoms with E-state index in [1.54, 1.807) is 19.2 Å². The summed E-state index contributed by atoms with van der Waals surface area (Å²) >= 11 is 0. The summed E-state index contributed by atoms with van der Waals surface area (Å²) in [6, 6.07) is 17.5. The third-order valence-electron chi connectivity index (χ3n) is 5.03. The van der Waals surface area contributed by atoms with Crippen molar-refractivity contribution in [2.75, 3.05) is 26.7 Å². The first-order chi connectivity index (χ1) is 13.7. The van der Waals surface area contributed by atoms with E-state index in [0.29, 0.717) is 18.5 Å². The summed E-state index contributed by atoms with van der Waals surface area (Å²) in [5.41, 5.74) is 2.24. The lowest BCUT2D eigenvalue weighted by molar-refractivity contribution is -0.384. The number of nitro groups is 1. The SMILES string of the molecule is CN=C(NCc1cccc([N+](=O)[O-])c1)NCC(c1ccccc1)N1CCCC1. The first kappa shape index (κ1) is 19.8. The molecule has 1 fully saturated rings. The Morgan fingerprint density at radius 2 is 1.89 bits per heavy atom. The molecule has 1 atom stereocenters. The summed E-state index contributed by atoms with van der Waals surface area (Å²) in [6.45, 7) is 3.45. The first-order valence-electron chi connectivity index (χ1n) is 9.64. The number of nitrogens with zero attached hydrogens (tertiary/aromatic N) is 3. The van der Waals surface area contributed by atoms with Crippen LogP contribution in [-0.4, -0.2) is 42.5 Å². The Bertz CT molecular complexity index is 803. The molecule has 0 saturated carbocycles. The van der Waals surface area contributed by atoms with Crippen molar-refractivity contribution in [2.24, 2.45) is 4.99 Å². The molecule has 1 unspecified atom stereocenters. The van der Waals surface area contributed by atoms with Crippen LogP contribution in [0.4, 0.5) is 5.69 Å². The van der Waals surface area contributed by atoms with Gasteiger partial charge in [0.15, 0.2) is 5.96 Å². The lowest BCUT2D eigenvalue weighted by Crippen LogP contribution is -2.42. The van der Waals surface area contributed by atoms with Gasteiger partial charge in [-0.1, -0.05) is 42.5 Å². The van der Waals surface area contributed by atoms with Crippen LogP contribution in [0.3, 0.4) is 0 Å². The van der Waals surface area contributed by atoms with Crippen molar-refractivity contribution in [2.45, 2.75) is 25.4 Å². The van der Waals surface area contributed by atoms with E-state index in [4.69, 9.17) is 0 Å². The molecule has 1 aliphatic rings. The number of aliphatic imine (C=N–C) groups is 1. The van der Waals surface area contributed by atoms with Gasteiger partial charge >= 0.3 is 0 Å². The molecule has 2 aromatic rings. The smallest absolute Gasteiger partial charge is 0.269 e. The van der Waals surface area contributed by atoms with E-state index in [0.717, 1.165) is 25.2 Å². The fourth-order valence-corrected chi connectivity index (χ4v) is 3.57. The van der Waals surface area contributed by atoms with Gasteiger partial charge in [0.25, 0.3) is 5.69 Å². The lowest BCUT2D eigenvalue weighted by atomic mass is 10.1. The number of nitrogens with one attached hydrogen (secondary N) is 2. The highest BCUT2D eigenvalue weighted by Gasteiger charge is 2.23. The topological polar surface area (TPSA) is 82.8 Å². The third kappa shape index (κ3) is 5.29. The van der Waals surface area contributed by atoms with Crippen LogP contribution in [0.2, 0.25) is 0 Å². The van der Waals surface area contributed by atoms with Gasteiger partial charge in [0.1, 0.15) is 0 Å². The molecule has 0 bridgehead atoms. The molecule has 1 aliphatic heterocycles. The van der Waals surface area contributed by atoms with Crippen LogP contribution in [0.1, 0.15) is 30.0 Å². The monoisotopic (exact) mass is 381 g/mol. The molecule has 0 spiro atoms. The average Bonchev–Trinajstić information content (AvgIpc) is 3.26. The fraction of sp³-hybridized carbons (Fsp3) is 0.381. The van der Waals surface area contributed by atoms with Crippen LogP contribution < -0.4 is 10.6 Å². The molecular weight excluding hydrogens is 354 g/mol. The maximum atomic E-state index is 10.9. The summed E-state index contributed by atoms with van der Waals surface area (Å²) in [5, 5.41) is 17.6. The highest BCUT2D eigenvalue weighted by molar-refractivity contribution is 5.79. The van der Waals surface area contributed by atoms with E-state index in [-0.39, 0.29) is 10.6 Å². The minimum Gasteiger partial charge on any atom is -0.354 e. The quantitative estimate of drug-likeness (QED) is 0.333. The molecule has 0 aromatic heterocycles. The molecule has 1 heterocycles. The Labute approximate surface area is 165 Å². The Kier molecular flexibility index (Phi) is 6.97. The van der Waals surface area contributed by atoms with Gasteiger partial charge < -0.3 is 10.6 Å². The Hall–Kier alpha value is -2.93. The number of hydrogen-bond donors (Lipinski definition) is 2. The molecule has 2 N–H and O–H groups in total. The zero-order chi connectivity index (χ0) is 19.8. The number of likely N-dealkylation sites (tertiary alicyclic amines) is 1. The Morgan fingerprint density at radius 1 is 1.14 bits per heavy atom. The molecule has 3 rings (SSSR count). The molecule has 0 amide bonds. The predicted octanol–water partition coefficient (Wildman–Crippen LogP) is 3.10. The number of nitro benzene ring substituents is 1. The molecule has 28 heavy (non-hydrogen) atoms. The highest BCUT2D eigenvalue weighted by Crippen LogP contribution is 2.24. The Morgan fingerprint density at radius 3 is 2.57 bits per heavy atom. The van der Waals surface area contributed by atoms with Gasteiger partial charge in [0.05, 0.1) is 11.0 Å². The standard InChI is InChI=1S/C21H27N5O2/c1-22-21(23-15-17-8-7-11-19(14-17)26(27)28)24-16-20(25-12-5-6-13-25)18-9-3-2-4-10-18/h2-4,7-11,14,20H,5-6,12-13,15-16H2,1H3,(H2,22,23,24). The van der Waals surface area contributed by atoms with Crippen molar-refractivity contribution < 1.29 is 4.92 Å². The predicted molar refractivity (Wildman–Crippen MR) is 111 cm³/mol. The van der Waals surface area contributed by atoms with Crippen molar-refractivity contribution >= 4 is 11.6 Å². The zero-order valence-electron chi connectivity index (χ0n) is 16.2. The summed E-state index contributed by atoms with van der Waals surface area (Å²) in [7, 11) is 1.73. The van der Waals surface area contributed by atoms with Gasteiger partial charge in [-0.25, -0.2) is 0 Å². The summed E-state index contributed by atoms with van der Waals surface area (Å²) in [5.74, 6) is 0.687. The van der Waals surface area contributed by atoms with Gasteiger partial charge in [-0.15, -0.1) is 0 Å². The summed E-state index contributed by atoms with van der Waals surface area (Å²) < 4.78 is 0. The van der Waals surface area contributed by atoms with E-state index in [1.807, 2.05) is 12.1 Å². The lowest BCUT2D eigenvalue weighted by Gasteiger charge is -2.29. The maximum absolute atomic E-state index is 10.9. The maximum Gasteiger partial charge on any atom is 0.269 e. The second-order valence-corrected chi connectivity index (χ2v) is 6.90. The number of benzene rings is 2. The van der Waals surface area contributed by atoms with E-state index in [2.05, 4.69) is 44.8 Å². The molecule has 0 radical (unpaired) electrons. The van der Waals surface area contributed by atoms with E-state index < -0.39 is 0 Å². The van der Waals surface area contributed by atoms with E-state index >= 15 is 0 Å². The van der Waals surface area contributed by atoms with Gasteiger partial charge in [-0.3, -0.25) is 20.0 Å². The van der Waals surface area contributed by atoms with Crippen molar-refractivity contribution in [1.29, 1.82) is 0 Å². The van der Waals surface area contributed by atoms with Gasteiger partial charge in [-0.2, -0.15) is 0 Å². The van der Waals surface area contributed by atoms with Crippen LogP contribution in [0.25, 0.3) is 0 Å². The summed E-state index contributed by atoms with van der Waals surface area (Å²) in [4.78, 5) is 17.4. The number of hydrogen-bond acceptors (Lipinski definition) is 4. The van der Waals surface area contributed by atoms with Gasteiger partial charge in [-0.05, 0) is 37.1 Å². The molecular formula is C21H27N5O2. The number of non-ortho nitro benzene ring substituents is 1. The molecule has 0 aliphatic carbocycles. The molecule has 2 aromatic carbocycles. The third-order valence-corrected chi connectivity index (χ3v) is 5.03. The van der Waals surface area contributed by atoms with Crippen LogP contribution >= 0.6 is 0 Å². The van der Waals surface area contributed by atoms with Gasteiger partial charge in [0, 0.05) is 32.3 Å². The summed E-state index contributed by atoms with van der Waals surface area (Å²) in [6.07, 6.45) is 2.48. The van der Waals surface area contributed by atoms with Crippen molar-refractivity contribution in [3.63, 3.8) is 0 Å². The van der Waals surface area contributed by atoms with E-state index in [1.165, 1.54) is 24.5 Å². The van der Waals surface area contributed by atoms with Crippen LogP contribution in [0.15, 0.2) is 59.6 Å². The number of guanidine groups is 1. The molecule has 7 nitrogen and oxygen atoms in total. The van der Waals surface area contributed by atoms with Crippen LogP contribution in [0, 0.1) is 10.1 Å². The van der Waals surface area contributed by atoms with Gasteiger partial charge in [0.2, 0.25) is 0 Å². The molecule has 7 heteroatoms. The molecule has 148 valence electrons. The van der Waals surface area contributed by atoms with E-state index in [9.17, 15) is 10.1 Å². The van der Waals surface area contributed by atoms with Crippen molar-refractivity contribution in [1.82, 2.24) is 15.5 Å². The largest absolute Gasteiger partial charge is 0.354 e. The Balaban J connectivity index is 1.60. The second kappa shape index (κ2) is 9.85. The number of rotatable bonds is 7. The van der Waals surface area contributed by atoms with Crippen LogP contribution in [0.5, 0.6) is 0 Å². The zero-order valence-corrected chi connectivity index (χ0v) is 16.2. The normalized spacial score (nSPS) is 16.0. The minimum atomic E-state index is -0.378. The molecule has 1 saturated heterocycles. The first-order valence-corrected chi connectivity index (χ1v) is 9.64. The van der Waals surface area contributed by atoms with Crippen molar-refractivity contribution in [3.8, 4) is 0 Å². The second-order valence-electron chi connectivity index (χ2n) is 6.90. The van der Waals surface area contributed by atoms with Crippen LogP contribution in [-0.2, 0) is 6.54 Å². The average molecular weight is 381 g/mol. The fourth-order valence-electron chi connectivity index (χ4n) is 3.57. The minimum absolute atomic E-state index is 0.0976. The van der Waals surface area contributed by atoms with Crippen molar-refractivity contribution in [3.05, 3.63) is 75.8 Å². The highest BCUT2D eigenvalue weighted by atomic mass is 16.6.